The third kappa shape index (κ3) is 3.20. The molecule has 7 heteroatoms. The molecule has 6 nitrogen and oxygen atoms in total. The number of hydrogen-bond acceptors (Lipinski definition) is 6. The van der Waals surface area contributed by atoms with Crippen LogP contribution < -0.4 is 5.32 Å². The molecular weight excluding hydrogens is 298 g/mol. The van der Waals surface area contributed by atoms with Crippen molar-refractivity contribution >= 4 is 28.1 Å². The normalized spacial score (nSPS) is 10.6. The number of aromatic nitrogens is 4. The zero-order chi connectivity index (χ0) is 15.5. The van der Waals surface area contributed by atoms with Crippen molar-refractivity contribution in [3.63, 3.8) is 0 Å². The van der Waals surface area contributed by atoms with Crippen LogP contribution in [0.3, 0.4) is 0 Å². The first-order valence-corrected chi connectivity index (χ1v) is 7.64. The van der Waals surface area contributed by atoms with E-state index in [0.29, 0.717) is 10.1 Å². The molecule has 0 radical (unpaired) electrons. The summed E-state index contributed by atoms with van der Waals surface area (Å²) in [6.07, 6.45) is 0.191. The van der Waals surface area contributed by atoms with Gasteiger partial charge < -0.3 is 5.32 Å². The van der Waals surface area contributed by atoms with Crippen molar-refractivity contribution < 1.29 is 4.79 Å². The van der Waals surface area contributed by atoms with E-state index in [0.717, 1.165) is 17.1 Å². The van der Waals surface area contributed by atoms with Gasteiger partial charge in [-0.15, -0.1) is 10.2 Å². The molecule has 1 aromatic carbocycles. The Morgan fingerprint density at radius 1 is 1.23 bits per heavy atom. The van der Waals surface area contributed by atoms with Crippen LogP contribution >= 0.6 is 11.3 Å². The third-order valence-corrected chi connectivity index (χ3v) is 3.88. The van der Waals surface area contributed by atoms with E-state index in [1.165, 1.54) is 16.0 Å². The Morgan fingerprint density at radius 2 is 2.00 bits per heavy atom. The summed E-state index contributed by atoms with van der Waals surface area (Å²) in [6.45, 7) is 3.73. The molecule has 3 rings (SSSR count). The number of nitrogens with zero attached hydrogens (tertiary/aromatic N) is 4. The molecule has 0 saturated carbocycles. The summed E-state index contributed by atoms with van der Waals surface area (Å²) in [4.78, 5) is 12.2. The van der Waals surface area contributed by atoms with Gasteiger partial charge in [-0.2, -0.15) is 5.10 Å². The Labute approximate surface area is 131 Å². The summed E-state index contributed by atoms with van der Waals surface area (Å²) in [7, 11) is 0. The molecule has 0 saturated heterocycles. The van der Waals surface area contributed by atoms with Gasteiger partial charge in [0.15, 0.2) is 0 Å². The monoisotopic (exact) mass is 313 g/mol. The quantitative estimate of drug-likeness (QED) is 0.801. The van der Waals surface area contributed by atoms with E-state index in [9.17, 15) is 4.79 Å². The summed E-state index contributed by atoms with van der Waals surface area (Å²) < 4.78 is 1.42. The van der Waals surface area contributed by atoms with Crippen LogP contribution in [0.5, 0.6) is 0 Å². The minimum atomic E-state index is -0.104. The standard InChI is InChI=1S/C15H15N5OS/c1-10-8-11(2)20(19-10)14(21)9-13-17-18-15(22-13)16-12-6-4-3-5-7-12/h3-8H,9H2,1-2H3,(H,16,18). The number of anilines is 2. The maximum atomic E-state index is 12.2. The molecule has 0 amide bonds. The van der Waals surface area contributed by atoms with E-state index in [1.54, 1.807) is 0 Å². The first-order valence-electron chi connectivity index (χ1n) is 6.83. The highest BCUT2D eigenvalue weighted by Gasteiger charge is 2.14. The lowest BCUT2D eigenvalue weighted by Gasteiger charge is -2.00. The van der Waals surface area contributed by atoms with Gasteiger partial charge in [-0.3, -0.25) is 4.79 Å². The molecule has 1 N–H and O–H groups in total. The first-order chi connectivity index (χ1) is 10.6. The molecule has 0 aliphatic heterocycles. The molecule has 0 spiro atoms. The van der Waals surface area contributed by atoms with Crippen LogP contribution in [0.15, 0.2) is 36.4 Å². The molecule has 0 bridgehead atoms. The van der Waals surface area contributed by atoms with Crippen molar-refractivity contribution in [2.45, 2.75) is 20.3 Å². The van der Waals surface area contributed by atoms with Gasteiger partial charge in [-0.25, -0.2) is 4.68 Å². The lowest BCUT2D eigenvalue weighted by molar-refractivity contribution is 0.0895. The summed E-state index contributed by atoms with van der Waals surface area (Å²) in [5, 5.41) is 16.8. The Kier molecular flexibility index (Phi) is 3.97. The Hall–Kier alpha value is -2.54. The second-order valence-corrected chi connectivity index (χ2v) is 5.96. The van der Waals surface area contributed by atoms with Crippen molar-refractivity contribution in [3.05, 3.63) is 52.8 Å². The highest BCUT2D eigenvalue weighted by molar-refractivity contribution is 7.15. The lowest BCUT2D eigenvalue weighted by atomic mass is 10.3. The number of aryl methyl sites for hydroxylation is 2. The fourth-order valence-corrected chi connectivity index (χ4v) is 2.86. The van der Waals surface area contributed by atoms with Gasteiger partial charge in [0, 0.05) is 11.4 Å². The molecule has 0 aliphatic carbocycles. The van der Waals surface area contributed by atoms with E-state index in [4.69, 9.17) is 0 Å². The summed E-state index contributed by atoms with van der Waals surface area (Å²) in [5.41, 5.74) is 2.60. The van der Waals surface area contributed by atoms with Gasteiger partial charge in [0.25, 0.3) is 5.91 Å². The van der Waals surface area contributed by atoms with Gasteiger partial charge in [-0.1, -0.05) is 29.5 Å². The Balaban J connectivity index is 1.69. The van der Waals surface area contributed by atoms with Gasteiger partial charge in [-0.05, 0) is 32.0 Å². The molecule has 0 fully saturated rings. The zero-order valence-electron chi connectivity index (χ0n) is 12.3. The average molecular weight is 313 g/mol. The molecule has 112 valence electrons. The molecule has 2 heterocycles. The number of carbonyl (C=O) groups is 1. The van der Waals surface area contributed by atoms with Gasteiger partial charge in [0.05, 0.1) is 12.1 Å². The smallest absolute Gasteiger partial charge is 0.254 e. The number of nitrogens with one attached hydrogen (secondary N) is 1. The molecule has 0 aliphatic rings. The van der Waals surface area contributed by atoms with Crippen molar-refractivity contribution in [3.8, 4) is 0 Å². The van der Waals surface area contributed by atoms with E-state index in [2.05, 4.69) is 20.6 Å². The van der Waals surface area contributed by atoms with Crippen LogP contribution in [0.25, 0.3) is 0 Å². The number of para-hydroxylation sites is 1. The van der Waals surface area contributed by atoms with Gasteiger partial charge in [0.2, 0.25) is 5.13 Å². The average Bonchev–Trinajstić information content (AvgIpc) is 3.06. The van der Waals surface area contributed by atoms with Gasteiger partial charge in [0.1, 0.15) is 5.01 Å². The van der Waals surface area contributed by atoms with E-state index >= 15 is 0 Å². The second kappa shape index (κ2) is 6.07. The molecule has 2 aromatic heterocycles. The molecule has 0 atom stereocenters. The minimum Gasteiger partial charge on any atom is -0.330 e. The summed E-state index contributed by atoms with van der Waals surface area (Å²) in [6, 6.07) is 11.6. The zero-order valence-corrected chi connectivity index (χ0v) is 13.1. The second-order valence-electron chi connectivity index (χ2n) is 4.90. The predicted octanol–water partition coefficient (Wildman–Crippen LogP) is 2.98. The maximum absolute atomic E-state index is 12.2. The highest BCUT2D eigenvalue weighted by Crippen LogP contribution is 2.21. The van der Waals surface area contributed by atoms with Crippen molar-refractivity contribution in [1.29, 1.82) is 0 Å². The first kappa shape index (κ1) is 14.4. The van der Waals surface area contributed by atoms with Crippen LogP contribution in [0, 0.1) is 13.8 Å². The summed E-state index contributed by atoms with van der Waals surface area (Å²) >= 11 is 1.37. The molecule has 3 aromatic rings. The highest BCUT2D eigenvalue weighted by atomic mass is 32.1. The van der Waals surface area contributed by atoms with E-state index < -0.39 is 0 Å². The third-order valence-electron chi connectivity index (χ3n) is 3.04. The largest absolute Gasteiger partial charge is 0.330 e. The van der Waals surface area contributed by atoms with Crippen LogP contribution in [-0.4, -0.2) is 25.9 Å². The van der Waals surface area contributed by atoms with Crippen LogP contribution in [0.2, 0.25) is 0 Å². The number of hydrogen-bond donors (Lipinski definition) is 1. The van der Waals surface area contributed by atoms with E-state index in [-0.39, 0.29) is 12.3 Å². The number of rotatable bonds is 4. The fraction of sp³-hybridized carbons (Fsp3) is 0.200. The minimum absolute atomic E-state index is 0.104. The van der Waals surface area contributed by atoms with Crippen molar-refractivity contribution in [1.82, 2.24) is 20.0 Å². The summed E-state index contributed by atoms with van der Waals surface area (Å²) in [5.74, 6) is -0.104. The van der Waals surface area contributed by atoms with Crippen LogP contribution in [0.4, 0.5) is 10.8 Å². The van der Waals surface area contributed by atoms with Crippen LogP contribution in [0.1, 0.15) is 21.2 Å². The van der Waals surface area contributed by atoms with Crippen molar-refractivity contribution in [2.75, 3.05) is 5.32 Å². The van der Waals surface area contributed by atoms with Crippen molar-refractivity contribution in [2.24, 2.45) is 0 Å². The topological polar surface area (TPSA) is 72.7 Å². The van der Waals surface area contributed by atoms with Crippen LogP contribution in [-0.2, 0) is 6.42 Å². The predicted molar refractivity (Wildman–Crippen MR) is 85.7 cm³/mol. The Morgan fingerprint density at radius 3 is 2.68 bits per heavy atom. The number of benzene rings is 1. The fourth-order valence-electron chi connectivity index (χ4n) is 2.11. The maximum Gasteiger partial charge on any atom is 0.254 e. The van der Waals surface area contributed by atoms with Gasteiger partial charge >= 0.3 is 0 Å². The molecular formula is C15H15N5OS. The Bertz CT molecular complexity index is 793. The lowest BCUT2D eigenvalue weighted by Crippen LogP contribution is -2.16. The molecule has 22 heavy (non-hydrogen) atoms. The number of carbonyl (C=O) groups excluding carboxylic acids is 1. The van der Waals surface area contributed by atoms with E-state index in [1.807, 2.05) is 50.2 Å². The molecule has 0 unspecified atom stereocenters. The SMILES string of the molecule is Cc1cc(C)n(C(=O)Cc2nnc(Nc3ccccc3)s2)n1.